The molecule has 0 saturated heterocycles. The van der Waals surface area contributed by atoms with Gasteiger partial charge in [-0.15, -0.1) is 0 Å². The highest BCUT2D eigenvalue weighted by Gasteiger charge is 2.28. The maximum atomic E-state index is 13.9. The molecular weight excluding hydrogens is 530 g/mol. The second-order valence-corrected chi connectivity index (χ2v) is 10.4. The van der Waals surface area contributed by atoms with Crippen molar-refractivity contribution < 1.29 is 27.5 Å². The van der Waals surface area contributed by atoms with Crippen molar-refractivity contribution in [3.05, 3.63) is 125 Å². The number of anilines is 1. The number of para-hydroxylation sites is 1. The Labute approximate surface area is 232 Å². The Morgan fingerprint density at radius 3 is 2.15 bits per heavy atom. The molecule has 0 aromatic heterocycles. The maximum Gasteiger partial charge on any atom is 0.337 e. The molecule has 0 heterocycles. The van der Waals surface area contributed by atoms with Gasteiger partial charge in [-0.3, -0.25) is 9.10 Å². The summed E-state index contributed by atoms with van der Waals surface area (Å²) < 4.78 is 38.9. The van der Waals surface area contributed by atoms with Crippen LogP contribution in [-0.2, 0) is 21.3 Å². The summed E-state index contributed by atoms with van der Waals surface area (Å²) in [5.74, 6) is -0.537. The van der Waals surface area contributed by atoms with E-state index >= 15 is 0 Å². The van der Waals surface area contributed by atoms with Crippen molar-refractivity contribution in [2.24, 2.45) is 5.10 Å². The van der Waals surface area contributed by atoms with Gasteiger partial charge in [0.2, 0.25) is 0 Å². The summed E-state index contributed by atoms with van der Waals surface area (Å²) in [6.07, 6.45) is 1.41. The number of amides is 1. The lowest BCUT2D eigenvalue weighted by Gasteiger charge is -2.26. The van der Waals surface area contributed by atoms with Crippen LogP contribution in [0.2, 0.25) is 0 Å². The van der Waals surface area contributed by atoms with Gasteiger partial charge in [-0.1, -0.05) is 54.6 Å². The number of ether oxygens (including phenoxy) is 2. The lowest BCUT2D eigenvalue weighted by atomic mass is 10.1. The molecule has 0 aliphatic rings. The lowest BCUT2D eigenvalue weighted by Crippen LogP contribution is -2.33. The number of carbonyl (C=O) groups excluding carboxylic acids is 2. The van der Waals surface area contributed by atoms with Crippen LogP contribution >= 0.6 is 0 Å². The molecule has 10 heteroatoms. The summed E-state index contributed by atoms with van der Waals surface area (Å²) in [5, 5.41) is 4.01. The first-order valence-electron chi connectivity index (χ1n) is 12.1. The Morgan fingerprint density at radius 1 is 0.850 bits per heavy atom. The Balaban J connectivity index is 1.64. The quantitative estimate of drug-likeness (QED) is 0.173. The lowest BCUT2D eigenvalue weighted by molar-refractivity contribution is 0.0600. The normalized spacial score (nSPS) is 11.2. The van der Waals surface area contributed by atoms with Crippen LogP contribution in [-0.4, -0.2) is 40.7 Å². The zero-order chi connectivity index (χ0) is 28.5. The van der Waals surface area contributed by atoms with Crippen LogP contribution in [0.1, 0.15) is 31.8 Å². The molecule has 4 aromatic rings. The summed E-state index contributed by atoms with van der Waals surface area (Å²) in [7, 11) is -1.29. The van der Waals surface area contributed by atoms with Gasteiger partial charge in [0.15, 0.2) is 0 Å². The van der Waals surface area contributed by atoms with E-state index in [0.29, 0.717) is 16.9 Å². The molecule has 0 aliphatic carbocycles. The van der Waals surface area contributed by atoms with E-state index < -0.39 is 21.9 Å². The monoisotopic (exact) mass is 557 g/mol. The second-order valence-electron chi connectivity index (χ2n) is 8.50. The fourth-order valence-corrected chi connectivity index (χ4v) is 5.33. The molecule has 204 valence electrons. The molecule has 0 fully saturated rings. The van der Waals surface area contributed by atoms with Crippen LogP contribution in [0, 0.1) is 0 Å². The SMILES string of the molecule is COC(=O)c1ccc(/C=N\NC(=O)c2ccccc2N(Cc2ccccc2)S(=O)(=O)c2ccc(OC)cc2)cc1. The highest BCUT2D eigenvalue weighted by Crippen LogP contribution is 2.30. The van der Waals surface area contributed by atoms with Crippen LogP contribution in [0.15, 0.2) is 113 Å². The van der Waals surface area contributed by atoms with Gasteiger partial charge in [-0.2, -0.15) is 5.10 Å². The second kappa shape index (κ2) is 12.7. The first kappa shape index (κ1) is 28.1. The molecule has 40 heavy (non-hydrogen) atoms. The molecule has 1 amide bonds. The van der Waals surface area contributed by atoms with Crippen molar-refractivity contribution in [2.75, 3.05) is 18.5 Å². The third-order valence-corrected chi connectivity index (χ3v) is 7.72. The number of nitrogens with zero attached hydrogens (tertiary/aromatic N) is 2. The zero-order valence-electron chi connectivity index (χ0n) is 21.9. The van der Waals surface area contributed by atoms with E-state index in [0.717, 1.165) is 5.56 Å². The number of hydrogen-bond donors (Lipinski definition) is 1. The van der Waals surface area contributed by atoms with E-state index in [1.54, 1.807) is 54.6 Å². The summed E-state index contributed by atoms with van der Waals surface area (Å²) >= 11 is 0. The van der Waals surface area contributed by atoms with Gasteiger partial charge < -0.3 is 9.47 Å². The van der Waals surface area contributed by atoms with Crippen molar-refractivity contribution >= 4 is 33.8 Å². The van der Waals surface area contributed by atoms with E-state index in [1.807, 2.05) is 30.3 Å². The standard InChI is InChI=1S/C30H27N3O6S/c1-38-25-16-18-26(19-17-25)40(36,37)33(21-23-8-4-3-5-9-23)28-11-7-6-10-27(28)29(34)32-31-20-22-12-14-24(15-13-22)30(35)39-2/h3-20H,21H2,1-2H3,(H,32,34)/b31-20-. The Bertz CT molecular complexity index is 1600. The summed E-state index contributed by atoms with van der Waals surface area (Å²) in [6.45, 7) is -0.00466. The molecule has 4 aromatic carbocycles. The molecule has 0 atom stereocenters. The van der Waals surface area contributed by atoms with Gasteiger partial charge in [-0.05, 0) is 59.7 Å². The fraction of sp³-hybridized carbons (Fsp3) is 0.100. The minimum Gasteiger partial charge on any atom is -0.497 e. The number of hydrazone groups is 1. The van der Waals surface area contributed by atoms with Gasteiger partial charge in [0.1, 0.15) is 5.75 Å². The Morgan fingerprint density at radius 2 is 1.50 bits per heavy atom. The number of esters is 1. The molecule has 0 bridgehead atoms. The van der Waals surface area contributed by atoms with Gasteiger partial charge >= 0.3 is 5.97 Å². The smallest absolute Gasteiger partial charge is 0.337 e. The highest BCUT2D eigenvalue weighted by molar-refractivity contribution is 7.92. The van der Waals surface area contributed by atoms with Gasteiger partial charge in [-0.25, -0.2) is 18.6 Å². The number of rotatable bonds is 10. The molecule has 0 saturated carbocycles. The van der Waals surface area contributed by atoms with E-state index in [4.69, 9.17) is 4.74 Å². The first-order chi connectivity index (χ1) is 19.3. The molecule has 0 unspecified atom stereocenters. The van der Waals surface area contributed by atoms with Crippen LogP contribution in [0.5, 0.6) is 5.75 Å². The predicted octanol–water partition coefficient (Wildman–Crippen LogP) is 4.64. The van der Waals surface area contributed by atoms with Gasteiger partial charge in [0.05, 0.1) is 48.7 Å². The van der Waals surface area contributed by atoms with Crippen LogP contribution in [0.3, 0.4) is 0 Å². The number of sulfonamides is 1. The maximum absolute atomic E-state index is 13.9. The minimum absolute atomic E-state index is 0.00466. The van der Waals surface area contributed by atoms with E-state index in [9.17, 15) is 18.0 Å². The third kappa shape index (κ3) is 6.54. The largest absolute Gasteiger partial charge is 0.497 e. The van der Waals surface area contributed by atoms with Crippen molar-refractivity contribution in [2.45, 2.75) is 11.4 Å². The van der Waals surface area contributed by atoms with Crippen molar-refractivity contribution in [1.82, 2.24) is 5.43 Å². The molecule has 0 aliphatic heterocycles. The third-order valence-electron chi connectivity index (χ3n) is 5.95. The zero-order valence-corrected chi connectivity index (χ0v) is 22.7. The van der Waals surface area contributed by atoms with Crippen molar-refractivity contribution in [3.8, 4) is 5.75 Å². The van der Waals surface area contributed by atoms with Gasteiger partial charge in [0, 0.05) is 0 Å². The van der Waals surface area contributed by atoms with E-state index in [1.165, 1.54) is 42.9 Å². The molecular formula is C30H27N3O6S. The number of carbonyl (C=O) groups is 2. The molecule has 4 rings (SSSR count). The summed E-state index contributed by atoms with van der Waals surface area (Å²) in [4.78, 5) is 24.9. The predicted molar refractivity (Wildman–Crippen MR) is 152 cm³/mol. The van der Waals surface area contributed by atoms with Crippen molar-refractivity contribution in [3.63, 3.8) is 0 Å². The van der Waals surface area contributed by atoms with E-state index in [2.05, 4.69) is 15.3 Å². The van der Waals surface area contributed by atoms with Crippen molar-refractivity contribution in [1.29, 1.82) is 0 Å². The summed E-state index contributed by atoms with van der Waals surface area (Å²) in [6, 6.07) is 28.1. The molecule has 0 spiro atoms. The Kier molecular flexibility index (Phi) is 8.93. The average Bonchev–Trinajstić information content (AvgIpc) is 3.00. The first-order valence-corrected chi connectivity index (χ1v) is 13.6. The number of hydrogen-bond acceptors (Lipinski definition) is 7. The van der Waals surface area contributed by atoms with Crippen LogP contribution < -0.4 is 14.5 Å². The number of benzene rings is 4. The van der Waals surface area contributed by atoms with E-state index in [-0.39, 0.29) is 22.7 Å². The topological polar surface area (TPSA) is 114 Å². The molecule has 1 N–H and O–H groups in total. The average molecular weight is 558 g/mol. The van der Waals surface area contributed by atoms with Crippen LogP contribution in [0.25, 0.3) is 0 Å². The van der Waals surface area contributed by atoms with Gasteiger partial charge in [0.25, 0.3) is 15.9 Å². The van der Waals surface area contributed by atoms with Crippen LogP contribution in [0.4, 0.5) is 5.69 Å². The fourth-order valence-electron chi connectivity index (χ4n) is 3.86. The molecule has 0 radical (unpaired) electrons. The Hall–Kier alpha value is -4.96. The number of nitrogens with one attached hydrogen (secondary N) is 1. The molecule has 9 nitrogen and oxygen atoms in total. The highest BCUT2D eigenvalue weighted by atomic mass is 32.2. The summed E-state index contributed by atoms with van der Waals surface area (Å²) in [5.41, 5.74) is 4.53. The number of methoxy groups -OCH3 is 2. The minimum atomic E-state index is -4.09.